The van der Waals surface area contributed by atoms with Crippen LogP contribution in [0.1, 0.15) is 46.1 Å². The Morgan fingerprint density at radius 3 is 2.77 bits per heavy atom. The van der Waals surface area contributed by atoms with Crippen molar-refractivity contribution in [2.75, 3.05) is 18.4 Å². The van der Waals surface area contributed by atoms with Crippen LogP contribution in [0, 0.1) is 0 Å². The van der Waals surface area contributed by atoms with E-state index < -0.39 is 5.60 Å². The zero-order chi connectivity index (χ0) is 16.2. The fraction of sp³-hybridized carbons (Fsp3) is 0.611. The van der Waals surface area contributed by atoms with E-state index in [9.17, 15) is 4.79 Å². The lowest BCUT2D eigenvalue weighted by Crippen LogP contribution is -2.42. The van der Waals surface area contributed by atoms with Gasteiger partial charge < -0.3 is 15.0 Å². The number of ether oxygens (including phenoxy) is 1. The molecule has 1 aliphatic heterocycles. The second-order valence-electron chi connectivity index (χ2n) is 6.86. The van der Waals surface area contributed by atoms with Gasteiger partial charge in [-0.05, 0) is 51.7 Å². The van der Waals surface area contributed by atoms with E-state index in [0.717, 1.165) is 32.4 Å². The van der Waals surface area contributed by atoms with Crippen molar-refractivity contribution < 1.29 is 9.53 Å². The third kappa shape index (κ3) is 4.39. The quantitative estimate of drug-likeness (QED) is 0.912. The van der Waals surface area contributed by atoms with Crippen molar-refractivity contribution in [2.24, 2.45) is 0 Å². The van der Waals surface area contributed by atoms with Crippen molar-refractivity contribution in [3.8, 4) is 0 Å². The van der Waals surface area contributed by atoms with Gasteiger partial charge in [0.2, 0.25) is 0 Å². The van der Waals surface area contributed by atoms with Gasteiger partial charge in [0.15, 0.2) is 0 Å². The molecule has 0 aliphatic carbocycles. The minimum atomic E-state index is -0.438. The topological polar surface area (TPSA) is 41.6 Å². The van der Waals surface area contributed by atoms with Gasteiger partial charge in [-0.1, -0.05) is 25.1 Å². The number of nitrogens with one attached hydrogen (secondary N) is 1. The number of hydrogen-bond acceptors (Lipinski definition) is 3. The predicted molar refractivity (Wildman–Crippen MR) is 90.3 cm³/mol. The van der Waals surface area contributed by atoms with Crippen molar-refractivity contribution in [2.45, 2.75) is 58.6 Å². The van der Waals surface area contributed by atoms with Crippen molar-refractivity contribution in [1.29, 1.82) is 0 Å². The molecule has 1 unspecified atom stereocenters. The molecular formula is C18H28N2O2. The summed E-state index contributed by atoms with van der Waals surface area (Å²) >= 11 is 0. The van der Waals surface area contributed by atoms with Gasteiger partial charge in [-0.2, -0.15) is 0 Å². The zero-order valence-electron chi connectivity index (χ0n) is 14.2. The van der Waals surface area contributed by atoms with Crippen LogP contribution in [-0.4, -0.2) is 35.7 Å². The van der Waals surface area contributed by atoms with Crippen molar-refractivity contribution in [3.05, 3.63) is 29.8 Å². The summed E-state index contributed by atoms with van der Waals surface area (Å²) in [6.45, 7) is 9.44. The molecular weight excluding hydrogens is 276 g/mol. The lowest BCUT2D eigenvalue weighted by molar-refractivity contribution is 0.0235. The molecule has 0 radical (unpaired) electrons. The number of nitrogens with zero attached hydrogens (tertiary/aromatic N) is 1. The lowest BCUT2D eigenvalue weighted by Gasteiger charge is -2.29. The first kappa shape index (κ1) is 16.7. The summed E-state index contributed by atoms with van der Waals surface area (Å²) in [5, 5.41) is 3.50. The Hall–Kier alpha value is -1.71. The Morgan fingerprint density at radius 2 is 2.09 bits per heavy atom. The van der Waals surface area contributed by atoms with E-state index in [1.165, 1.54) is 11.3 Å². The number of rotatable bonds is 4. The summed E-state index contributed by atoms with van der Waals surface area (Å²) in [4.78, 5) is 14.1. The molecule has 1 N–H and O–H groups in total. The Balaban J connectivity index is 1.95. The van der Waals surface area contributed by atoms with Crippen LogP contribution in [0.25, 0.3) is 0 Å². The molecule has 2 rings (SSSR count). The van der Waals surface area contributed by atoms with Gasteiger partial charge in [-0.15, -0.1) is 0 Å². The van der Waals surface area contributed by atoms with Crippen LogP contribution in [0.3, 0.4) is 0 Å². The Morgan fingerprint density at radius 1 is 1.36 bits per heavy atom. The highest BCUT2D eigenvalue weighted by Crippen LogP contribution is 2.22. The number of carbonyl (C=O) groups is 1. The Kier molecular flexibility index (Phi) is 5.33. The van der Waals surface area contributed by atoms with Crippen molar-refractivity contribution in [3.63, 3.8) is 0 Å². The first-order valence-electron chi connectivity index (χ1n) is 8.22. The van der Waals surface area contributed by atoms with E-state index in [1.54, 1.807) is 0 Å². The second-order valence-corrected chi connectivity index (χ2v) is 6.86. The highest BCUT2D eigenvalue weighted by Gasteiger charge is 2.31. The number of hydrogen-bond donors (Lipinski definition) is 1. The van der Waals surface area contributed by atoms with Gasteiger partial charge in [0.1, 0.15) is 5.60 Å². The summed E-state index contributed by atoms with van der Waals surface area (Å²) in [6.07, 6.45) is 2.88. The molecule has 1 aromatic rings. The lowest BCUT2D eigenvalue weighted by atomic mass is 10.1. The van der Waals surface area contributed by atoms with E-state index in [0.29, 0.717) is 0 Å². The molecule has 1 aromatic carbocycles. The molecule has 0 aromatic heterocycles. The Bertz CT molecular complexity index is 508. The first-order valence-corrected chi connectivity index (χ1v) is 8.22. The highest BCUT2D eigenvalue weighted by atomic mass is 16.6. The molecule has 122 valence electrons. The molecule has 0 bridgehead atoms. The van der Waals surface area contributed by atoms with E-state index in [-0.39, 0.29) is 12.1 Å². The number of carbonyl (C=O) groups excluding carboxylic acids is 1. The second kappa shape index (κ2) is 7.03. The van der Waals surface area contributed by atoms with Crippen LogP contribution in [0.5, 0.6) is 0 Å². The van der Waals surface area contributed by atoms with Gasteiger partial charge in [0, 0.05) is 18.8 Å². The predicted octanol–water partition coefficient (Wildman–Crippen LogP) is 4.06. The van der Waals surface area contributed by atoms with Gasteiger partial charge >= 0.3 is 6.09 Å². The van der Waals surface area contributed by atoms with Crippen LogP contribution >= 0.6 is 0 Å². The molecule has 1 amide bonds. The number of aryl methyl sites for hydroxylation is 1. The van der Waals surface area contributed by atoms with Gasteiger partial charge in [-0.25, -0.2) is 4.79 Å². The monoisotopic (exact) mass is 304 g/mol. The highest BCUT2D eigenvalue weighted by molar-refractivity contribution is 5.69. The zero-order valence-corrected chi connectivity index (χ0v) is 14.2. The Labute approximate surface area is 133 Å². The molecule has 1 atom stereocenters. The number of likely N-dealkylation sites (tertiary alicyclic amines) is 1. The molecule has 0 spiro atoms. The number of para-hydroxylation sites is 1. The summed E-state index contributed by atoms with van der Waals surface area (Å²) in [6, 6.07) is 8.56. The van der Waals surface area contributed by atoms with Crippen LogP contribution in [0.15, 0.2) is 24.3 Å². The molecule has 1 heterocycles. The average molecular weight is 304 g/mol. The van der Waals surface area contributed by atoms with E-state index in [1.807, 2.05) is 31.7 Å². The first-order chi connectivity index (χ1) is 10.4. The number of amides is 1. The summed E-state index contributed by atoms with van der Waals surface area (Å²) in [7, 11) is 0. The SMILES string of the molecule is CCc1ccccc1NCC1CCCN1C(=O)OC(C)(C)C. The van der Waals surface area contributed by atoms with Crippen LogP contribution in [0.4, 0.5) is 10.5 Å². The normalized spacial score (nSPS) is 18.4. The third-order valence-corrected chi connectivity index (χ3v) is 3.93. The van der Waals surface area contributed by atoms with Crippen molar-refractivity contribution in [1.82, 2.24) is 4.90 Å². The van der Waals surface area contributed by atoms with Gasteiger partial charge in [0.05, 0.1) is 6.04 Å². The summed E-state index contributed by atoms with van der Waals surface area (Å²) < 4.78 is 5.51. The number of anilines is 1. The van der Waals surface area contributed by atoms with Gasteiger partial charge in [0.25, 0.3) is 0 Å². The number of benzene rings is 1. The molecule has 1 aliphatic rings. The summed E-state index contributed by atoms with van der Waals surface area (Å²) in [5.41, 5.74) is 2.04. The van der Waals surface area contributed by atoms with E-state index >= 15 is 0 Å². The molecule has 1 fully saturated rings. The minimum Gasteiger partial charge on any atom is -0.444 e. The maximum Gasteiger partial charge on any atom is 0.410 e. The standard InChI is InChI=1S/C18H28N2O2/c1-5-14-9-6-7-11-16(14)19-13-15-10-8-12-20(15)17(21)22-18(2,3)4/h6-7,9,11,15,19H,5,8,10,12-13H2,1-4H3. The molecule has 4 heteroatoms. The average Bonchev–Trinajstić information content (AvgIpc) is 2.92. The molecule has 4 nitrogen and oxygen atoms in total. The van der Waals surface area contributed by atoms with Crippen molar-refractivity contribution >= 4 is 11.8 Å². The maximum absolute atomic E-state index is 12.3. The van der Waals surface area contributed by atoms with Crippen LogP contribution < -0.4 is 5.32 Å². The fourth-order valence-corrected chi connectivity index (χ4v) is 2.84. The third-order valence-electron chi connectivity index (χ3n) is 3.93. The maximum atomic E-state index is 12.3. The minimum absolute atomic E-state index is 0.194. The van der Waals surface area contributed by atoms with Crippen LogP contribution in [-0.2, 0) is 11.2 Å². The molecule has 0 saturated carbocycles. The molecule has 22 heavy (non-hydrogen) atoms. The van der Waals surface area contributed by atoms with Gasteiger partial charge in [-0.3, -0.25) is 0 Å². The van der Waals surface area contributed by atoms with E-state index in [2.05, 4.69) is 30.4 Å². The van der Waals surface area contributed by atoms with Crippen LogP contribution in [0.2, 0.25) is 0 Å². The summed E-state index contributed by atoms with van der Waals surface area (Å²) in [5.74, 6) is 0. The fourth-order valence-electron chi connectivity index (χ4n) is 2.84. The molecule has 1 saturated heterocycles. The largest absolute Gasteiger partial charge is 0.444 e. The van der Waals surface area contributed by atoms with E-state index in [4.69, 9.17) is 4.74 Å². The smallest absolute Gasteiger partial charge is 0.410 e.